The van der Waals surface area contributed by atoms with E-state index in [1.54, 1.807) is 24.5 Å². The first-order valence-corrected chi connectivity index (χ1v) is 11.0. The number of aryl methyl sites for hydroxylation is 2. The molecule has 2 N–H and O–H groups in total. The van der Waals surface area contributed by atoms with Gasteiger partial charge in [-0.15, -0.1) is 11.3 Å². The molecule has 2 aromatic heterocycles. The number of benzene rings is 2. The first-order chi connectivity index (χ1) is 14.5. The van der Waals surface area contributed by atoms with Gasteiger partial charge >= 0.3 is 0 Å². The minimum atomic E-state index is -0.194. The molecule has 0 aliphatic heterocycles. The number of hydrogen-bond acceptors (Lipinski definition) is 5. The number of aromatic nitrogens is 2. The lowest BCUT2D eigenvalue weighted by molar-refractivity contribution is 0.102. The van der Waals surface area contributed by atoms with Gasteiger partial charge in [-0.1, -0.05) is 15.9 Å². The highest BCUT2D eigenvalue weighted by molar-refractivity contribution is 9.10. The highest BCUT2D eigenvalue weighted by atomic mass is 79.9. The SMILES string of the molecule is Cc1cc(Nc2ccc(Br)cc2)cc(C)c1-c1csc(NC(=O)c2ccncc2)n1. The summed E-state index contributed by atoms with van der Waals surface area (Å²) in [5.41, 5.74) is 6.78. The van der Waals surface area contributed by atoms with E-state index in [4.69, 9.17) is 0 Å². The van der Waals surface area contributed by atoms with E-state index in [-0.39, 0.29) is 5.91 Å². The molecular weight excluding hydrogens is 460 g/mol. The van der Waals surface area contributed by atoms with Gasteiger partial charge in [0, 0.05) is 44.7 Å². The number of thiazole rings is 1. The Labute approximate surface area is 187 Å². The molecule has 0 saturated heterocycles. The first-order valence-electron chi connectivity index (χ1n) is 9.31. The van der Waals surface area contributed by atoms with Crippen LogP contribution in [0.1, 0.15) is 21.5 Å². The number of halogens is 1. The van der Waals surface area contributed by atoms with Crippen LogP contribution in [-0.4, -0.2) is 15.9 Å². The van der Waals surface area contributed by atoms with Crippen LogP contribution in [0.4, 0.5) is 16.5 Å². The maximum Gasteiger partial charge on any atom is 0.257 e. The number of rotatable bonds is 5. The van der Waals surface area contributed by atoms with Gasteiger partial charge in [-0.25, -0.2) is 4.98 Å². The average Bonchev–Trinajstić information content (AvgIpc) is 3.18. The van der Waals surface area contributed by atoms with Crippen LogP contribution < -0.4 is 10.6 Å². The standard InChI is InChI=1S/C23H19BrN4OS/c1-14-11-19(26-18-5-3-17(24)4-6-18)12-15(2)21(14)20-13-30-23(27-20)28-22(29)16-7-9-25-10-8-16/h3-13,26H,1-2H3,(H,27,28,29). The zero-order valence-corrected chi connectivity index (χ0v) is 18.8. The summed E-state index contributed by atoms with van der Waals surface area (Å²) >= 11 is 4.87. The van der Waals surface area contributed by atoms with Crippen molar-refractivity contribution in [2.24, 2.45) is 0 Å². The first kappa shape index (κ1) is 20.3. The lowest BCUT2D eigenvalue weighted by Gasteiger charge is -2.13. The van der Waals surface area contributed by atoms with Crippen LogP contribution in [-0.2, 0) is 0 Å². The van der Waals surface area contributed by atoms with E-state index in [0.717, 1.165) is 38.2 Å². The third-order valence-corrected chi connectivity index (χ3v) is 5.88. The summed E-state index contributed by atoms with van der Waals surface area (Å²) in [6.07, 6.45) is 3.19. The number of pyridine rings is 1. The van der Waals surface area contributed by atoms with Crippen LogP contribution in [0.2, 0.25) is 0 Å². The van der Waals surface area contributed by atoms with Crippen LogP contribution in [0.3, 0.4) is 0 Å². The van der Waals surface area contributed by atoms with Crippen molar-refractivity contribution >= 4 is 49.7 Å². The number of amides is 1. The number of nitrogens with one attached hydrogen (secondary N) is 2. The second kappa shape index (κ2) is 8.77. The van der Waals surface area contributed by atoms with Gasteiger partial charge in [-0.05, 0) is 73.5 Å². The molecule has 0 aliphatic carbocycles. The molecule has 0 aliphatic rings. The molecule has 0 radical (unpaired) electrons. The Morgan fingerprint density at radius 3 is 2.30 bits per heavy atom. The number of hydrogen-bond donors (Lipinski definition) is 2. The second-order valence-corrected chi connectivity index (χ2v) is 8.62. The van der Waals surface area contributed by atoms with Crippen LogP contribution in [0, 0.1) is 13.8 Å². The lowest BCUT2D eigenvalue weighted by Crippen LogP contribution is -2.11. The fourth-order valence-electron chi connectivity index (χ4n) is 3.26. The summed E-state index contributed by atoms with van der Waals surface area (Å²) in [5, 5.41) is 8.84. The molecule has 1 amide bonds. The fourth-order valence-corrected chi connectivity index (χ4v) is 4.22. The van der Waals surface area contributed by atoms with Crippen LogP contribution in [0.25, 0.3) is 11.3 Å². The quantitative estimate of drug-likeness (QED) is 0.339. The third kappa shape index (κ3) is 4.58. The molecule has 150 valence electrons. The summed E-state index contributed by atoms with van der Waals surface area (Å²) in [7, 11) is 0. The van der Waals surface area contributed by atoms with Gasteiger partial charge in [0.25, 0.3) is 5.91 Å². The van der Waals surface area contributed by atoms with Crippen molar-refractivity contribution in [3.63, 3.8) is 0 Å². The molecule has 0 atom stereocenters. The molecule has 0 fully saturated rings. The number of anilines is 3. The smallest absolute Gasteiger partial charge is 0.257 e. The van der Waals surface area contributed by atoms with Crippen LogP contribution in [0.15, 0.2) is 70.8 Å². The Kier molecular flexibility index (Phi) is 5.92. The van der Waals surface area contributed by atoms with Crippen molar-refractivity contribution in [1.29, 1.82) is 0 Å². The number of carbonyl (C=O) groups is 1. The van der Waals surface area contributed by atoms with Crippen molar-refractivity contribution < 1.29 is 4.79 Å². The molecule has 30 heavy (non-hydrogen) atoms. The van der Waals surface area contributed by atoms with Crippen LogP contribution in [0.5, 0.6) is 0 Å². The highest BCUT2D eigenvalue weighted by Crippen LogP contribution is 2.33. The molecule has 5 nitrogen and oxygen atoms in total. The summed E-state index contributed by atoms with van der Waals surface area (Å²) in [5.74, 6) is -0.194. The summed E-state index contributed by atoms with van der Waals surface area (Å²) in [6.45, 7) is 4.15. The minimum Gasteiger partial charge on any atom is -0.356 e. The van der Waals surface area contributed by atoms with Gasteiger partial charge in [0.15, 0.2) is 5.13 Å². The molecule has 2 aromatic carbocycles. The maximum absolute atomic E-state index is 12.3. The molecule has 0 bridgehead atoms. The molecule has 0 spiro atoms. The minimum absolute atomic E-state index is 0.194. The van der Waals surface area contributed by atoms with Gasteiger partial charge in [0.1, 0.15) is 0 Å². The van der Waals surface area contributed by atoms with E-state index in [0.29, 0.717) is 10.7 Å². The highest BCUT2D eigenvalue weighted by Gasteiger charge is 2.14. The third-order valence-electron chi connectivity index (χ3n) is 4.59. The number of carbonyl (C=O) groups excluding carboxylic acids is 1. The van der Waals surface area contributed by atoms with Gasteiger partial charge in [0.05, 0.1) is 5.69 Å². The Morgan fingerprint density at radius 1 is 0.967 bits per heavy atom. The predicted octanol–water partition coefficient (Wildman–Crippen LogP) is 6.58. The van der Waals surface area contributed by atoms with Crippen molar-refractivity contribution in [2.45, 2.75) is 13.8 Å². The normalized spacial score (nSPS) is 10.6. The van der Waals surface area contributed by atoms with Crippen molar-refractivity contribution in [2.75, 3.05) is 10.6 Å². The Morgan fingerprint density at radius 2 is 1.63 bits per heavy atom. The van der Waals surface area contributed by atoms with Crippen LogP contribution >= 0.6 is 27.3 Å². The Bertz CT molecular complexity index is 1170. The molecule has 2 heterocycles. The van der Waals surface area contributed by atoms with Gasteiger partial charge in [0.2, 0.25) is 0 Å². The zero-order chi connectivity index (χ0) is 21.1. The maximum atomic E-state index is 12.3. The predicted molar refractivity (Wildman–Crippen MR) is 127 cm³/mol. The summed E-state index contributed by atoms with van der Waals surface area (Å²) in [6, 6.07) is 15.6. The van der Waals surface area contributed by atoms with Crippen molar-refractivity contribution in [3.05, 3.63) is 87.5 Å². The zero-order valence-electron chi connectivity index (χ0n) is 16.4. The van der Waals surface area contributed by atoms with E-state index in [1.165, 1.54) is 11.3 Å². The molecule has 4 rings (SSSR count). The Balaban J connectivity index is 1.54. The summed E-state index contributed by atoms with van der Waals surface area (Å²) in [4.78, 5) is 20.9. The van der Waals surface area contributed by atoms with Gasteiger partial charge < -0.3 is 5.32 Å². The summed E-state index contributed by atoms with van der Waals surface area (Å²) < 4.78 is 1.05. The fraction of sp³-hybridized carbons (Fsp3) is 0.0870. The molecular formula is C23H19BrN4OS. The number of nitrogens with zero attached hydrogens (tertiary/aromatic N) is 2. The topological polar surface area (TPSA) is 66.9 Å². The molecule has 0 saturated carbocycles. The van der Waals surface area contributed by atoms with E-state index >= 15 is 0 Å². The largest absolute Gasteiger partial charge is 0.356 e. The van der Waals surface area contributed by atoms with Crippen molar-refractivity contribution in [1.82, 2.24) is 9.97 Å². The van der Waals surface area contributed by atoms with Gasteiger partial charge in [-0.2, -0.15) is 0 Å². The Hall–Kier alpha value is -3.03. The van der Waals surface area contributed by atoms with Gasteiger partial charge in [-0.3, -0.25) is 15.1 Å². The molecule has 4 aromatic rings. The van der Waals surface area contributed by atoms with E-state index < -0.39 is 0 Å². The van der Waals surface area contributed by atoms with Crippen molar-refractivity contribution in [3.8, 4) is 11.3 Å². The molecule has 7 heteroatoms. The molecule has 0 unspecified atom stereocenters. The van der Waals surface area contributed by atoms with E-state index in [1.807, 2.05) is 29.6 Å². The lowest BCUT2D eigenvalue weighted by atomic mass is 9.99. The average molecular weight is 479 g/mol. The second-order valence-electron chi connectivity index (χ2n) is 6.84. The van der Waals surface area contributed by atoms with E-state index in [9.17, 15) is 4.79 Å². The van der Waals surface area contributed by atoms with E-state index in [2.05, 4.69) is 62.5 Å². The monoisotopic (exact) mass is 478 g/mol.